The van der Waals surface area contributed by atoms with E-state index in [4.69, 9.17) is 14.6 Å². The summed E-state index contributed by atoms with van der Waals surface area (Å²) in [5.74, 6) is -4.05. The summed E-state index contributed by atoms with van der Waals surface area (Å²) < 4.78 is 10.3. The van der Waals surface area contributed by atoms with Crippen LogP contribution < -0.4 is 5.32 Å². The standard InChI is InChI=1S/C14H12BrNO6/c1-14(2)21-12(19)9(13(20)22-14)6-16-7-3-4-10(15)8(5-7)11(17)18/h3-6,16H,1-2H3,(H,17,18). The Morgan fingerprint density at radius 1 is 1.27 bits per heavy atom. The number of carbonyl (C=O) groups excluding carboxylic acids is 2. The van der Waals surface area contributed by atoms with Crippen LogP contribution in [0.2, 0.25) is 0 Å². The number of cyclic esters (lactones) is 2. The highest BCUT2D eigenvalue weighted by molar-refractivity contribution is 9.10. The summed E-state index contributed by atoms with van der Waals surface area (Å²) in [5.41, 5.74) is 0.121. The van der Waals surface area contributed by atoms with Gasteiger partial charge in [0.1, 0.15) is 0 Å². The number of nitrogens with one attached hydrogen (secondary N) is 1. The Balaban J connectivity index is 2.22. The molecule has 2 N–H and O–H groups in total. The molecule has 22 heavy (non-hydrogen) atoms. The predicted octanol–water partition coefficient (Wildman–Crippen LogP) is 2.28. The zero-order chi connectivity index (χ0) is 16.5. The first-order chi connectivity index (χ1) is 10.2. The molecule has 1 aliphatic heterocycles. The molecule has 0 bridgehead atoms. The van der Waals surface area contributed by atoms with Gasteiger partial charge in [0.2, 0.25) is 0 Å². The molecule has 1 aliphatic rings. The maximum atomic E-state index is 11.7. The highest BCUT2D eigenvalue weighted by atomic mass is 79.9. The second-order valence-corrected chi connectivity index (χ2v) is 5.74. The summed E-state index contributed by atoms with van der Waals surface area (Å²) in [4.78, 5) is 34.5. The number of carboxylic acid groups (broad SMARTS) is 1. The third-order valence-electron chi connectivity index (χ3n) is 2.70. The van der Waals surface area contributed by atoms with E-state index in [0.717, 1.165) is 6.20 Å². The van der Waals surface area contributed by atoms with Crippen molar-refractivity contribution >= 4 is 39.5 Å². The van der Waals surface area contributed by atoms with Gasteiger partial charge < -0.3 is 19.9 Å². The molecule has 116 valence electrons. The third kappa shape index (κ3) is 3.45. The number of hydrogen-bond acceptors (Lipinski definition) is 6. The fourth-order valence-corrected chi connectivity index (χ4v) is 2.13. The van der Waals surface area contributed by atoms with Gasteiger partial charge in [-0.25, -0.2) is 14.4 Å². The second kappa shape index (κ2) is 5.80. The minimum absolute atomic E-state index is 0.0401. The van der Waals surface area contributed by atoms with Crippen LogP contribution in [-0.2, 0) is 19.1 Å². The zero-order valence-corrected chi connectivity index (χ0v) is 13.3. The topological polar surface area (TPSA) is 102 Å². The zero-order valence-electron chi connectivity index (χ0n) is 11.7. The lowest BCUT2D eigenvalue weighted by molar-refractivity contribution is -0.222. The number of ether oxygens (including phenoxy) is 2. The van der Waals surface area contributed by atoms with Crippen molar-refractivity contribution in [3.05, 3.63) is 40.0 Å². The molecule has 7 nitrogen and oxygen atoms in total. The summed E-state index contributed by atoms with van der Waals surface area (Å²) in [6.07, 6.45) is 1.12. The Morgan fingerprint density at radius 3 is 2.41 bits per heavy atom. The van der Waals surface area contributed by atoms with Crippen molar-refractivity contribution in [1.29, 1.82) is 0 Å². The van der Waals surface area contributed by atoms with Crippen molar-refractivity contribution in [3.8, 4) is 0 Å². The smallest absolute Gasteiger partial charge is 0.350 e. The molecule has 0 aromatic heterocycles. The van der Waals surface area contributed by atoms with E-state index in [1.165, 1.54) is 26.0 Å². The third-order valence-corrected chi connectivity index (χ3v) is 3.39. The minimum Gasteiger partial charge on any atom is -0.478 e. The van der Waals surface area contributed by atoms with Crippen LogP contribution >= 0.6 is 15.9 Å². The lowest BCUT2D eigenvalue weighted by Gasteiger charge is -2.29. The highest BCUT2D eigenvalue weighted by Crippen LogP contribution is 2.24. The molecular formula is C14H12BrNO6. The quantitative estimate of drug-likeness (QED) is 0.478. The lowest BCUT2D eigenvalue weighted by atomic mass is 10.2. The van der Waals surface area contributed by atoms with Gasteiger partial charge >= 0.3 is 17.9 Å². The van der Waals surface area contributed by atoms with Crippen LogP contribution in [0.25, 0.3) is 0 Å². The van der Waals surface area contributed by atoms with Crippen molar-refractivity contribution < 1.29 is 29.0 Å². The lowest BCUT2D eigenvalue weighted by Crippen LogP contribution is -2.42. The van der Waals surface area contributed by atoms with Crippen LogP contribution in [0.3, 0.4) is 0 Å². The van der Waals surface area contributed by atoms with Gasteiger partial charge in [-0.3, -0.25) is 0 Å². The van der Waals surface area contributed by atoms with Gasteiger partial charge in [-0.15, -0.1) is 0 Å². The van der Waals surface area contributed by atoms with E-state index in [1.807, 2.05) is 0 Å². The van der Waals surface area contributed by atoms with Crippen molar-refractivity contribution in [1.82, 2.24) is 0 Å². The summed E-state index contributed by atoms with van der Waals surface area (Å²) in [6, 6.07) is 4.47. The van der Waals surface area contributed by atoms with Crippen LogP contribution in [0.5, 0.6) is 0 Å². The van der Waals surface area contributed by atoms with E-state index >= 15 is 0 Å². The van der Waals surface area contributed by atoms with Gasteiger partial charge in [0.05, 0.1) is 5.56 Å². The average molecular weight is 370 g/mol. The van der Waals surface area contributed by atoms with Gasteiger partial charge in [0, 0.05) is 30.2 Å². The summed E-state index contributed by atoms with van der Waals surface area (Å²) in [6.45, 7) is 2.89. The first-order valence-corrected chi connectivity index (χ1v) is 6.95. The first kappa shape index (κ1) is 16.0. The fourth-order valence-electron chi connectivity index (χ4n) is 1.71. The molecule has 2 rings (SSSR count). The van der Waals surface area contributed by atoms with E-state index in [2.05, 4.69) is 21.2 Å². The molecule has 1 heterocycles. The van der Waals surface area contributed by atoms with Crippen LogP contribution in [0.15, 0.2) is 34.4 Å². The number of carboxylic acids is 1. The van der Waals surface area contributed by atoms with Gasteiger partial charge in [0.25, 0.3) is 5.79 Å². The molecule has 0 amide bonds. The molecule has 8 heteroatoms. The molecule has 1 aromatic rings. The van der Waals surface area contributed by atoms with E-state index in [-0.39, 0.29) is 11.1 Å². The Morgan fingerprint density at radius 2 is 1.86 bits per heavy atom. The minimum atomic E-state index is -1.31. The molecule has 0 atom stereocenters. The largest absolute Gasteiger partial charge is 0.478 e. The SMILES string of the molecule is CC1(C)OC(=O)C(=CNc2ccc(Br)c(C(=O)O)c2)C(=O)O1. The van der Waals surface area contributed by atoms with Gasteiger partial charge in [-0.2, -0.15) is 0 Å². The number of rotatable bonds is 3. The molecule has 0 saturated carbocycles. The van der Waals surface area contributed by atoms with Crippen molar-refractivity contribution in [2.24, 2.45) is 0 Å². The second-order valence-electron chi connectivity index (χ2n) is 4.88. The normalized spacial score (nSPS) is 16.6. The highest BCUT2D eigenvalue weighted by Gasteiger charge is 2.38. The monoisotopic (exact) mass is 369 g/mol. The van der Waals surface area contributed by atoms with Crippen molar-refractivity contribution in [3.63, 3.8) is 0 Å². The number of carbonyl (C=O) groups is 3. The van der Waals surface area contributed by atoms with Crippen LogP contribution in [0, 0.1) is 0 Å². The summed E-state index contributed by atoms with van der Waals surface area (Å²) in [5, 5.41) is 11.7. The van der Waals surface area contributed by atoms with E-state index in [1.54, 1.807) is 6.07 Å². The van der Waals surface area contributed by atoms with E-state index < -0.39 is 23.7 Å². The summed E-state index contributed by atoms with van der Waals surface area (Å²) >= 11 is 3.12. The maximum absolute atomic E-state index is 11.7. The Bertz CT molecular complexity index is 673. The number of esters is 2. The van der Waals surface area contributed by atoms with Crippen LogP contribution in [0.4, 0.5) is 5.69 Å². The van der Waals surface area contributed by atoms with Crippen LogP contribution in [-0.4, -0.2) is 28.8 Å². The molecule has 0 aliphatic carbocycles. The predicted molar refractivity (Wildman–Crippen MR) is 79.1 cm³/mol. The van der Waals surface area contributed by atoms with E-state index in [0.29, 0.717) is 10.2 Å². The van der Waals surface area contributed by atoms with Crippen LogP contribution in [0.1, 0.15) is 24.2 Å². The van der Waals surface area contributed by atoms with Gasteiger partial charge in [-0.05, 0) is 34.1 Å². The summed E-state index contributed by atoms with van der Waals surface area (Å²) in [7, 11) is 0. The number of anilines is 1. The number of halogens is 1. The molecule has 1 aromatic carbocycles. The molecule has 0 radical (unpaired) electrons. The molecule has 1 fully saturated rings. The Kier molecular flexibility index (Phi) is 4.23. The van der Waals surface area contributed by atoms with Gasteiger partial charge in [-0.1, -0.05) is 0 Å². The number of aromatic carboxylic acids is 1. The maximum Gasteiger partial charge on any atom is 0.350 e. The number of benzene rings is 1. The Hall–Kier alpha value is -2.35. The van der Waals surface area contributed by atoms with E-state index in [9.17, 15) is 14.4 Å². The first-order valence-electron chi connectivity index (χ1n) is 6.16. The average Bonchev–Trinajstić information content (AvgIpc) is 2.37. The Labute approximate surface area is 134 Å². The fraction of sp³-hybridized carbons (Fsp3) is 0.214. The van der Waals surface area contributed by atoms with Crippen molar-refractivity contribution in [2.75, 3.05) is 5.32 Å². The van der Waals surface area contributed by atoms with Gasteiger partial charge in [0.15, 0.2) is 5.57 Å². The molecule has 0 spiro atoms. The molecule has 1 saturated heterocycles. The van der Waals surface area contributed by atoms with Crippen molar-refractivity contribution in [2.45, 2.75) is 19.6 Å². The number of hydrogen-bond donors (Lipinski definition) is 2. The molecular weight excluding hydrogens is 358 g/mol. The molecule has 0 unspecified atom stereocenters.